The van der Waals surface area contributed by atoms with Gasteiger partial charge in [0, 0.05) is 13.0 Å². The molecule has 0 spiro atoms. The van der Waals surface area contributed by atoms with E-state index in [1.807, 2.05) is 25.1 Å². The second-order valence-corrected chi connectivity index (χ2v) is 3.67. The summed E-state index contributed by atoms with van der Waals surface area (Å²) in [6.07, 6.45) is 2.01. The molecule has 0 aliphatic rings. The number of benzene rings is 1. The topological polar surface area (TPSA) is 74.7 Å². The number of aryl methyl sites for hydroxylation is 1. The summed E-state index contributed by atoms with van der Waals surface area (Å²) in [5, 5.41) is 15.7. The van der Waals surface area contributed by atoms with Gasteiger partial charge in [-0.1, -0.05) is 11.2 Å². The Hall–Kier alpha value is -2.35. The highest BCUT2D eigenvalue weighted by Gasteiger charge is 2.03. The van der Waals surface area contributed by atoms with Gasteiger partial charge in [0.15, 0.2) is 6.33 Å². The van der Waals surface area contributed by atoms with Crippen molar-refractivity contribution in [3.8, 4) is 6.07 Å². The molecular weight excluding hydrogens is 216 g/mol. The lowest BCUT2D eigenvalue weighted by Crippen LogP contribution is -2.06. The number of rotatable bonds is 4. The minimum atomic E-state index is 0.586. The molecule has 0 saturated carbocycles. The molecule has 0 bridgehead atoms. The summed E-state index contributed by atoms with van der Waals surface area (Å²) in [5.74, 6) is 0.586. The summed E-state index contributed by atoms with van der Waals surface area (Å²) < 4.78 is 4.88. The summed E-state index contributed by atoms with van der Waals surface area (Å²) in [6, 6.07) is 7.89. The molecule has 0 unspecified atom stereocenters. The molecule has 0 atom stereocenters. The highest BCUT2D eigenvalue weighted by Crippen LogP contribution is 2.16. The van der Waals surface area contributed by atoms with E-state index >= 15 is 0 Å². The van der Waals surface area contributed by atoms with Crippen LogP contribution in [0, 0.1) is 18.3 Å². The highest BCUT2D eigenvalue weighted by molar-refractivity contribution is 5.58. The van der Waals surface area contributed by atoms with Crippen molar-refractivity contribution in [2.45, 2.75) is 13.3 Å². The molecule has 1 N–H and O–H groups in total. The smallest absolute Gasteiger partial charge is 0.228 e. The number of aromatic nitrogens is 2. The normalized spacial score (nSPS) is 9.88. The maximum absolute atomic E-state index is 9.00. The Balaban J connectivity index is 1.97. The number of nitriles is 1. The lowest BCUT2D eigenvalue weighted by molar-refractivity contribution is 0.380. The first-order valence-corrected chi connectivity index (χ1v) is 5.30. The number of hydrogen-bond donors (Lipinski definition) is 1. The Morgan fingerprint density at radius 2 is 2.35 bits per heavy atom. The average Bonchev–Trinajstić information content (AvgIpc) is 2.84. The van der Waals surface area contributed by atoms with Gasteiger partial charge in [-0.25, -0.2) is 0 Å². The van der Waals surface area contributed by atoms with E-state index in [-0.39, 0.29) is 0 Å². The monoisotopic (exact) mass is 228 g/mol. The van der Waals surface area contributed by atoms with E-state index in [1.54, 1.807) is 0 Å². The third-order valence-electron chi connectivity index (χ3n) is 2.36. The number of anilines is 1. The van der Waals surface area contributed by atoms with Gasteiger partial charge < -0.3 is 9.84 Å². The first kappa shape index (κ1) is 11.1. The van der Waals surface area contributed by atoms with E-state index in [9.17, 15) is 0 Å². The summed E-state index contributed by atoms with van der Waals surface area (Å²) in [6.45, 7) is 2.61. The van der Waals surface area contributed by atoms with Crippen molar-refractivity contribution in [3.05, 3.63) is 41.5 Å². The Kier molecular flexibility index (Phi) is 3.36. The van der Waals surface area contributed by atoms with Crippen LogP contribution in [-0.2, 0) is 6.42 Å². The highest BCUT2D eigenvalue weighted by atomic mass is 16.5. The molecule has 1 heterocycles. The van der Waals surface area contributed by atoms with Crippen LogP contribution in [0.25, 0.3) is 0 Å². The fraction of sp³-hybridized carbons (Fsp3) is 0.250. The van der Waals surface area contributed by atoms with Crippen LogP contribution in [0.4, 0.5) is 5.69 Å². The molecule has 2 aromatic rings. The average molecular weight is 228 g/mol. The quantitative estimate of drug-likeness (QED) is 0.865. The molecule has 17 heavy (non-hydrogen) atoms. The molecule has 0 aliphatic heterocycles. The van der Waals surface area contributed by atoms with Crippen LogP contribution in [0.15, 0.2) is 29.0 Å². The molecule has 1 aromatic heterocycles. The molecular formula is C12H12N4O. The largest absolute Gasteiger partial charge is 0.383 e. The Morgan fingerprint density at radius 1 is 1.47 bits per heavy atom. The van der Waals surface area contributed by atoms with Crippen molar-refractivity contribution in [2.75, 3.05) is 11.9 Å². The van der Waals surface area contributed by atoms with Gasteiger partial charge in [0.05, 0.1) is 11.3 Å². The van der Waals surface area contributed by atoms with E-state index in [4.69, 9.17) is 9.78 Å². The van der Waals surface area contributed by atoms with Crippen LogP contribution < -0.4 is 5.32 Å². The molecule has 5 nitrogen and oxygen atoms in total. The SMILES string of the molecule is Cc1ccc(NCCc2ncno2)c(C#N)c1. The Morgan fingerprint density at radius 3 is 3.06 bits per heavy atom. The molecule has 0 amide bonds. The van der Waals surface area contributed by atoms with Crippen molar-refractivity contribution in [2.24, 2.45) is 0 Å². The van der Waals surface area contributed by atoms with Gasteiger partial charge >= 0.3 is 0 Å². The van der Waals surface area contributed by atoms with Crippen molar-refractivity contribution in [1.82, 2.24) is 10.1 Å². The van der Waals surface area contributed by atoms with Gasteiger partial charge in [-0.15, -0.1) is 0 Å². The third kappa shape index (κ3) is 2.82. The van der Waals surface area contributed by atoms with Gasteiger partial charge in [-0.3, -0.25) is 0 Å². The Labute approximate surface area is 99.1 Å². The van der Waals surface area contributed by atoms with Gasteiger partial charge in [0.2, 0.25) is 5.89 Å². The lowest BCUT2D eigenvalue weighted by atomic mass is 10.1. The summed E-state index contributed by atoms with van der Waals surface area (Å²) in [5.41, 5.74) is 2.55. The first-order chi connectivity index (χ1) is 8.29. The first-order valence-electron chi connectivity index (χ1n) is 5.30. The summed E-state index contributed by atoms with van der Waals surface area (Å²) in [7, 11) is 0. The van der Waals surface area contributed by atoms with Crippen LogP contribution in [0.1, 0.15) is 17.0 Å². The van der Waals surface area contributed by atoms with Crippen LogP contribution in [0.5, 0.6) is 0 Å². The van der Waals surface area contributed by atoms with Crippen molar-refractivity contribution < 1.29 is 4.52 Å². The fourth-order valence-electron chi connectivity index (χ4n) is 1.51. The lowest BCUT2D eigenvalue weighted by Gasteiger charge is -2.07. The van der Waals surface area contributed by atoms with E-state index in [1.165, 1.54) is 6.33 Å². The third-order valence-corrected chi connectivity index (χ3v) is 2.36. The van der Waals surface area contributed by atoms with E-state index < -0.39 is 0 Å². The fourth-order valence-corrected chi connectivity index (χ4v) is 1.51. The molecule has 0 saturated heterocycles. The maximum atomic E-state index is 9.00. The van der Waals surface area contributed by atoms with E-state index in [0.29, 0.717) is 24.4 Å². The zero-order valence-electron chi connectivity index (χ0n) is 9.47. The van der Waals surface area contributed by atoms with Crippen molar-refractivity contribution in [3.63, 3.8) is 0 Å². The van der Waals surface area contributed by atoms with Crippen LogP contribution >= 0.6 is 0 Å². The number of nitrogens with zero attached hydrogens (tertiary/aromatic N) is 3. The second kappa shape index (κ2) is 5.12. The van der Waals surface area contributed by atoms with Gasteiger partial charge in [-0.2, -0.15) is 10.2 Å². The van der Waals surface area contributed by atoms with Crippen molar-refractivity contribution >= 4 is 5.69 Å². The summed E-state index contributed by atoms with van der Waals surface area (Å²) >= 11 is 0. The molecule has 86 valence electrons. The van der Waals surface area contributed by atoms with Crippen LogP contribution in [0.2, 0.25) is 0 Å². The molecule has 1 aromatic carbocycles. The molecule has 5 heteroatoms. The predicted octanol–water partition coefficient (Wildman–Crippen LogP) is 1.90. The van der Waals surface area contributed by atoms with E-state index in [2.05, 4.69) is 21.5 Å². The minimum absolute atomic E-state index is 0.586. The van der Waals surface area contributed by atoms with Crippen molar-refractivity contribution in [1.29, 1.82) is 5.26 Å². The van der Waals surface area contributed by atoms with Gasteiger partial charge in [-0.05, 0) is 24.6 Å². The predicted molar refractivity (Wildman–Crippen MR) is 62.4 cm³/mol. The van der Waals surface area contributed by atoms with Crippen LogP contribution in [0.3, 0.4) is 0 Å². The molecule has 0 aliphatic carbocycles. The molecule has 2 rings (SSSR count). The zero-order chi connectivity index (χ0) is 12.1. The van der Waals surface area contributed by atoms with Gasteiger partial charge in [0.1, 0.15) is 6.07 Å². The number of hydrogen-bond acceptors (Lipinski definition) is 5. The summed E-state index contributed by atoms with van der Waals surface area (Å²) in [4.78, 5) is 3.92. The Bertz CT molecular complexity index is 528. The molecule has 0 fully saturated rings. The maximum Gasteiger partial charge on any atom is 0.228 e. The second-order valence-electron chi connectivity index (χ2n) is 3.67. The minimum Gasteiger partial charge on any atom is -0.383 e. The standard InChI is InChI=1S/C12H12N4O/c1-9-2-3-11(10(6-9)7-13)14-5-4-12-15-8-16-17-12/h2-3,6,8,14H,4-5H2,1H3. The zero-order valence-corrected chi connectivity index (χ0v) is 9.47. The van der Waals surface area contributed by atoms with Crippen LogP contribution in [-0.4, -0.2) is 16.7 Å². The molecule has 0 radical (unpaired) electrons. The number of nitrogens with one attached hydrogen (secondary N) is 1. The van der Waals surface area contributed by atoms with Gasteiger partial charge in [0.25, 0.3) is 0 Å². The van der Waals surface area contributed by atoms with E-state index in [0.717, 1.165) is 11.3 Å².